The van der Waals surface area contributed by atoms with Crippen molar-refractivity contribution in [3.8, 4) is 11.1 Å². The van der Waals surface area contributed by atoms with Crippen molar-refractivity contribution in [2.45, 2.75) is 40.0 Å². The minimum absolute atomic E-state index is 0.298. The molecule has 4 aromatic rings. The van der Waals surface area contributed by atoms with Crippen molar-refractivity contribution in [1.82, 2.24) is 0 Å². The van der Waals surface area contributed by atoms with E-state index in [4.69, 9.17) is 0 Å². The van der Waals surface area contributed by atoms with E-state index >= 15 is 0 Å². The van der Waals surface area contributed by atoms with Gasteiger partial charge in [-0.2, -0.15) is 0 Å². The molecule has 0 spiro atoms. The standard InChI is InChI=1S/C30H28/c1-19-6-10-24(11-7-19)30(25-15-22(4)14-23(5)16-25)28-17-20(2)8-12-26(28)27-13-9-21(3)18-29(27)30/h6-18H,1-5H3. The summed E-state index contributed by atoms with van der Waals surface area (Å²) in [6, 6.07) is 30.1. The zero-order valence-electron chi connectivity index (χ0n) is 18.5. The van der Waals surface area contributed by atoms with Crippen LogP contribution in [0.3, 0.4) is 0 Å². The lowest BCUT2D eigenvalue weighted by Crippen LogP contribution is -2.29. The molecule has 0 bridgehead atoms. The molecule has 0 saturated carbocycles. The largest absolute Gasteiger partial charge is 0.0713 e. The average molecular weight is 389 g/mol. The van der Waals surface area contributed by atoms with Crippen molar-refractivity contribution >= 4 is 0 Å². The third-order valence-corrected chi connectivity index (χ3v) is 6.59. The third kappa shape index (κ3) is 2.67. The average Bonchev–Trinajstić information content (AvgIpc) is 2.97. The second kappa shape index (κ2) is 6.71. The molecule has 0 saturated heterocycles. The van der Waals surface area contributed by atoms with Gasteiger partial charge in [-0.15, -0.1) is 0 Å². The lowest BCUT2D eigenvalue weighted by molar-refractivity contribution is 0.764. The molecule has 4 aromatic carbocycles. The smallest absolute Gasteiger partial charge is 0.0590 e. The number of benzene rings is 4. The second-order valence-electron chi connectivity index (χ2n) is 9.09. The Kier molecular flexibility index (Phi) is 4.22. The van der Waals surface area contributed by atoms with Gasteiger partial charge in [0.2, 0.25) is 0 Å². The van der Waals surface area contributed by atoms with Gasteiger partial charge in [0, 0.05) is 0 Å². The zero-order chi connectivity index (χ0) is 21.0. The van der Waals surface area contributed by atoms with E-state index in [1.807, 2.05) is 0 Å². The number of hydrogen-bond donors (Lipinski definition) is 0. The van der Waals surface area contributed by atoms with Gasteiger partial charge >= 0.3 is 0 Å². The molecule has 5 rings (SSSR count). The minimum atomic E-state index is -0.298. The molecular formula is C30H28. The van der Waals surface area contributed by atoms with Crippen molar-refractivity contribution in [2.24, 2.45) is 0 Å². The van der Waals surface area contributed by atoms with Gasteiger partial charge in [0.05, 0.1) is 5.41 Å². The molecule has 0 N–H and O–H groups in total. The number of rotatable bonds is 2. The van der Waals surface area contributed by atoms with Gasteiger partial charge in [-0.05, 0) is 68.0 Å². The van der Waals surface area contributed by atoms with Crippen LogP contribution in [0.5, 0.6) is 0 Å². The molecule has 0 heterocycles. The van der Waals surface area contributed by atoms with Crippen molar-refractivity contribution in [1.29, 1.82) is 0 Å². The van der Waals surface area contributed by atoms with Gasteiger partial charge in [0.1, 0.15) is 0 Å². The molecular weight excluding hydrogens is 360 g/mol. The third-order valence-electron chi connectivity index (χ3n) is 6.59. The van der Waals surface area contributed by atoms with Gasteiger partial charge in [-0.1, -0.05) is 107 Å². The Morgan fingerprint density at radius 3 is 1.37 bits per heavy atom. The molecule has 1 aliphatic rings. The van der Waals surface area contributed by atoms with Crippen molar-refractivity contribution in [3.63, 3.8) is 0 Å². The summed E-state index contributed by atoms with van der Waals surface area (Å²) >= 11 is 0. The molecule has 0 fully saturated rings. The van der Waals surface area contributed by atoms with E-state index < -0.39 is 0 Å². The lowest BCUT2D eigenvalue weighted by Gasteiger charge is -2.35. The van der Waals surface area contributed by atoms with E-state index in [-0.39, 0.29) is 5.41 Å². The minimum Gasteiger partial charge on any atom is -0.0590 e. The van der Waals surface area contributed by atoms with E-state index in [1.54, 1.807) is 0 Å². The molecule has 0 heteroatoms. The van der Waals surface area contributed by atoms with Crippen molar-refractivity contribution < 1.29 is 0 Å². The Morgan fingerprint density at radius 2 is 0.867 bits per heavy atom. The van der Waals surface area contributed by atoms with Crippen LogP contribution >= 0.6 is 0 Å². The summed E-state index contributed by atoms with van der Waals surface area (Å²) in [4.78, 5) is 0. The fourth-order valence-electron chi connectivity index (χ4n) is 5.33. The molecule has 0 aromatic heterocycles. The maximum Gasteiger partial charge on any atom is 0.0713 e. The Bertz CT molecular complexity index is 1200. The summed E-state index contributed by atoms with van der Waals surface area (Å²) in [7, 11) is 0. The molecule has 0 aliphatic heterocycles. The highest BCUT2D eigenvalue weighted by Crippen LogP contribution is 2.56. The molecule has 0 unspecified atom stereocenters. The van der Waals surface area contributed by atoms with Crippen LogP contribution in [0.15, 0.2) is 78.9 Å². The fourth-order valence-corrected chi connectivity index (χ4v) is 5.33. The predicted octanol–water partition coefficient (Wildman–Crippen LogP) is 7.59. The van der Waals surface area contributed by atoms with Gasteiger partial charge in [-0.3, -0.25) is 0 Å². The second-order valence-corrected chi connectivity index (χ2v) is 9.09. The van der Waals surface area contributed by atoms with E-state index in [0.717, 1.165) is 0 Å². The van der Waals surface area contributed by atoms with Gasteiger partial charge < -0.3 is 0 Å². The van der Waals surface area contributed by atoms with Crippen LogP contribution in [0.1, 0.15) is 50.1 Å². The monoisotopic (exact) mass is 388 g/mol. The zero-order valence-corrected chi connectivity index (χ0v) is 18.5. The maximum atomic E-state index is 2.40. The summed E-state index contributed by atoms with van der Waals surface area (Å²) in [6.45, 7) is 11.0. The van der Waals surface area contributed by atoms with Crippen LogP contribution in [0.25, 0.3) is 11.1 Å². The predicted molar refractivity (Wildman–Crippen MR) is 127 cm³/mol. The summed E-state index contributed by atoms with van der Waals surface area (Å²) in [5.74, 6) is 0. The number of fused-ring (bicyclic) bond motifs is 3. The highest BCUT2D eigenvalue weighted by molar-refractivity contribution is 5.86. The topological polar surface area (TPSA) is 0 Å². The normalized spacial score (nSPS) is 13.8. The Morgan fingerprint density at radius 1 is 0.400 bits per heavy atom. The van der Waals surface area contributed by atoms with E-state index in [1.165, 1.54) is 61.2 Å². The molecule has 0 amide bonds. The van der Waals surface area contributed by atoms with E-state index in [9.17, 15) is 0 Å². The van der Waals surface area contributed by atoms with Gasteiger partial charge in [0.15, 0.2) is 0 Å². The quantitative estimate of drug-likeness (QED) is 0.292. The lowest BCUT2D eigenvalue weighted by atomic mass is 9.67. The highest BCUT2D eigenvalue weighted by Gasteiger charge is 2.46. The SMILES string of the molecule is Cc1ccc(C2(c3cc(C)cc(C)c3)c3cc(C)ccc3-c3ccc(C)cc32)cc1. The van der Waals surface area contributed by atoms with Crippen molar-refractivity contribution in [3.05, 3.63) is 129 Å². The molecule has 0 nitrogen and oxygen atoms in total. The van der Waals surface area contributed by atoms with E-state index in [0.29, 0.717) is 0 Å². The molecule has 1 aliphatic carbocycles. The fraction of sp³-hybridized carbons (Fsp3) is 0.200. The first-order valence-electron chi connectivity index (χ1n) is 10.8. The van der Waals surface area contributed by atoms with Crippen LogP contribution in [0.4, 0.5) is 0 Å². The summed E-state index contributed by atoms with van der Waals surface area (Å²) in [6.07, 6.45) is 0. The summed E-state index contributed by atoms with van der Waals surface area (Å²) in [5, 5.41) is 0. The number of aryl methyl sites for hydroxylation is 5. The van der Waals surface area contributed by atoms with Crippen LogP contribution < -0.4 is 0 Å². The first kappa shape index (κ1) is 18.9. The van der Waals surface area contributed by atoms with Crippen LogP contribution in [0.2, 0.25) is 0 Å². The van der Waals surface area contributed by atoms with Crippen LogP contribution in [0, 0.1) is 34.6 Å². The molecule has 0 radical (unpaired) electrons. The summed E-state index contributed by atoms with van der Waals surface area (Å²) < 4.78 is 0. The number of hydrogen-bond acceptors (Lipinski definition) is 0. The first-order valence-corrected chi connectivity index (χ1v) is 10.8. The Hall–Kier alpha value is -3.12. The first-order chi connectivity index (χ1) is 14.4. The van der Waals surface area contributed by atoms with Crippen LogP contribution in [-0.4, -0.2) is 0 Å². The molecule has 0 atom stereocenters. The summed E-state index contributed by atoms with van der Waals surface area (Å²) in [5.41, 5.74) is 14.4. The molecule has 30 heavy (non-hydrogen) atoms. The van der Waals surface area contributed by atoms with Gasteiger partial charge in [-0.25, -0.2) is 0 Å². The highest BCUT2D eigenvalue weighted by atomic mass is 14.5. The van der Waals surface area contributed by atoms with E-state index in [2.05, 4.69) is 113 Å². The van der Waals surface area contributed by atoms with Gasteiger partial charge in [0.25, 0.3) is 0 Å². The Labute approximate surface area is 180 Å². The van der Waals surface area contributed by atoms with Crippen molar-refractivity contribution in [2.75, 3.05) is 0 Å². The maximum absolute atomic E-state index is 2.40. The van der Waals surface area contributed by atoms with Crippen LogP contribution in [-0.2, 0) is 5.41 Å². The Balaban J connectivity index is 2.00. The molecule has 148 valence electrons.